The van der Waals surface area contributed by atoms with E-state index in [4.69, 9.17) is 21.1 Å². The van der Waals surface area contributed by atoms with Gasteiger partial charge in [-0.2, -0.15) is 0 Å². The lowest BCUT2D eigenvalue weighted by atomic mass is 10.2. The van der Waals surface area contributed by atoms with Gasteiger partial charge < -0.3 is 14.8 Å². The lowest BCUT2D eigenvalue weighted by Gasteiger charge is -2.04. The van der Waals surface area contributed by atoms with Crippen LogP contribution in [-0.4, -0.2) is 38.7 Å². The molecule has 5 nitrogen and oxygen atoms in total. The SMILES string of the molecule is COCCNC(=O)COC(=O)/C=C/c1ccc(F)c(Cl)c1. The molecule has 0 aliphatic heterocycles. The number of ether oxygens (including phenoxy) is 2. The molecule has 0 heterocycles. The number of hydrogen-bond acceptors (Lipinski definition) is 4. The fourth-order valence-electron chi connectivity index (χ4n) is 1.31. The molecular weight excluding hydrogens is 301 g/mol. The molecule has 0 saturated carbocycles. The van der Waals surface area contributed by atoms with Crippen LogP contribution >= 0.6 is 11.6 Å². The van der Waals surface area contributed by atoms with Gasteiger partial charge in [-0.25, -0.2) is 9.18 Å². The highest BCUT2D eigenvalue weighted by Gasteiger charge is 2.04. The standard InChI is InChI=1S/C14H15ClFNO4/c1-20-7-6-17-13(18)9-21-14(19)5-3-10-2-4-12(16)11(15)8-10/h2-5,8H,6-7,9H2,1H3,(H,17,18)/b5-3+. The molecular formula is C14H15ClFNO4. The first-order valence-electron chi connectivity index (χ1n) is 6.08. The second kappa shape index (κ2) is 9.10. The number of esters is 1. The summed E-state index contributed by atoms with van der Waals surface area (Å²) in [6.07, 6.45) is 2.54. The van der Waals surface area contributed by atoms with Crippen molar-refractivity contribution in [3.8, 4) is 0 Å². The summed E-state index contributed by atoms with van der Waals surface area (Å²) in [5.41, 5.74) is 0.544. The van der Waals surface area contributed by atoms with Crippen molar-refractivity contribution in [3.63, 3.8) is 0 Å². The molecule has 0 saturated heterocycles. The minimum atomic E-state index is -0.683. The summed E-state index contributed by atoms with van der Waals surface area (Å²) in [7, 11) is 1.51. The molecule has 1 rings (SSSR count). The van der Waals surface area contributed by atoms with Gasteiger partial charge in [0.25, 0.3) is 5.91 Å². The Balaban J connectivity index is 2.37. The van der Waals surface area contributed by atoms with Crippen LogP contribution in [0.5, 0.6) is 0 Å². The molecule has 0 unspecified atom stereocenters. The summed E-state index contributed by atoms with van der Waals surface area (Å²) in [5.74, 6) is -1.64. The largest absolute Gasteiger partial charge is 0.452 e. The van der Waals surface area contributed by atoms with Gasteiger partial charge in [-0.05, 0) is 23.8 Å². The number of halogens is 2. The zero-order valence-electron chi connectivity index (χ0n) is 11.4. The normalized spacial score (nSPS) is 10.6. The van der Waals surface area contributed by atoms with Crippen molar-refractivity contribution in [2.24, 2.45) is 0 Å². The zero-order chi connectivity index (χ0) is 15.7. The van der Waals surface area contributed by atoms with Gasteiger partial charge in [0.15, 0.2) is 6.61 Å². The lowest BCUT2D eigenvalue weighted by Crippen LogP contribution is -2.31. The molecule has 21 heavy (non-hydrogen) atoms. The van der Waals surface area contributed by atoms with E-state index in [1.54, 1.807) is 0 Å². The molecule has 1 amide bonds. The Bertz CT molecular complexity index is 534. The summed E-state index contributed by atoms with van der Waals surface area (Å²) < 4.78 is 22.4. The first-order chi connectivity index (χ1) is 10.0. The highest BCUT2D eigenvalue weighted by molar-refractivity contribution is 6.30. The maximum absolute atomic E-state index is 12.9. The van der Waals surface area contributed by atoms with Gasteiger partial charge in [0.2, 0.25) is 0 Å². The first-order valence-corrected chi connectivity index (χ1v) is 6.46. The number of hydrogen-bond donors (Lipinski definition) is 1. The Morgan fingerprint density at radius 2 is 2.19 bits per heavy atom. The Hall–Kier alpha value is -1.92. The second-order valence-electron chi connectivity index (χ2n) is 3.96. The molecule has 0 aliphatic carbocycles. The number of carbonyl (C=O) groups excluding carboxylic acids is 2. The van der Waals surface area contributed by atoms with Crippen molar-refractivity contribution in [2.75, 3.05) is 26.9 Å². The minimum Gasteiger partial charge on any atom is -0.452 e. The van der Waals surface area contributed by atoms with Crippen molar-refractivity contribution in [3.05, 3.63) is 40.7 Å². The number of nitrogens with one attached hydrogen (secondary N) is 1. The van der Waals surface area contributed by atoms with Crippen LogP contribution in [0.2, 0.25) is 5.02 Å². The van der Waals surface area contributed by atoms with Crippen LogP contribution in [0.1, 0.15) is 5.56 Å². The van der Waals surface area contributed by atoms with Crippen LogP contribution in [0.4, 0.5) is 4.39 Å². The second-order valence-corrected chi connectivity index (χ2v) is 4.36. The van der Waals surface area contributed by atoms with Gasteiger partial charge in [0, 0.05) is 19.7 Å². The summed E-state index contributed by atoms with van der Waals surface area (Å²) in [4.78, 5) is 22.6. The molecule has 0 aromatic heterocycles. The number of rotatable bonds is 7. The number of methoxy groups -OCH3 is 1. The molecule has 7 heteroatoms. The van der Waals surface area contributed by atoms with Crippen LogP contribution in [0.25, 0.3) is 6.08 Å². The van der Waals surface area contributed by atoms with Crippen LogP contribution in [-0.2, 0) is 19.1 Å². The Morgan fingerprint density at radius 1 is 1.43 bits per heavy atom. The van der Waals surface area contributed by atoms with Crippen LogP contribution in [0, 0.1) is 5.82 Å². The van der Waals surface area contributed by atoms with Gasteiger partial charge >= 0.3 is 5.97 Å². The molecule has 0 radical (unpaired) electrons. The first kappa shape index (κ1) is 17.1. The fourth-order valence-corrected chi connectivity index (χ4v) is 1.50. The maximum atomic E-state index is 12.9. The van der Waals surface area contributed by atoms with Crippen molar-refractivity contribution < 1.29 is 23.5 Å². The maximum Gasteiger partial charge on any atom is 0.331 e. The molecule has 1 aromatic rings. The van der Waals surface area contributed by atoms with E-state index in [2.05, 4.69) is 5.32 Å². The molecule has 0 atom stereocenters. The average Bonchev–Trinajstić information content (AvgIpc) is 2.46. The van der Waals surface area contributed by atoms with Gasteiger partial charge in [0.1, 0.15) is 5.82 Å². The van der Waals surface area contributed by atoms with Crippen LogP contribution in [0.15, 0.2) is 24.3 Å². The van der Waals surface area contributed by atoms with Gasteiger partial charge in [-0.15, -0.1) is 0 Å². The molecule has 0 spiro atoms. The number of benzene rings is 1. The fraction of sp³-hybridized carbons (Fsp3) is 0.286. The molecule has 0 bridgehead atoms. The third kappa shape index (κ3) is 6.87. The number of carbonyl (C=O) groups is 2. The predicted molar refractivity (Wildman–Crippen MR) is 76.3 cm³/mol. The monoisotopic (exact) mass is 315 g/mol. The smallest absolute Gasteiger partial charge is 0.331 e. The summed E-state index contributed by atoms with van der Waals surface area (Å²) in [6.45, 7) is 0.346. The molecule has 114 valence electrons. The van der Waals surface area contributed by atoms with Crippen molar-refractivity contribution in [2.45, 2.75) is 0 Å². The minimum absolute atomic E-state index is 0.0389. The Morgan fingerprint density at radius 3 is 2.86 bits per heavy atom. The van der Waals surface area contributed by atoms with Crippen molar-refractivity contribution in [1.82, 2.24) is 5.32 Å². The summed E-state index contributed by atoms with van der Waals surface area (Å²) in [6, 6.07) is 4.02. The van der Waals surface area contributed by atoms with Crippen LogP contribution < -0.4 is 5.32 Å². The van der Waals surface area contributed by atoms with E-state index in [0.717, 1.165) is 6.08 Å². The van der Waals surface area contributed by atoms with E-state index in [9.17, 15) is 14.0 Å². The predicted octanol–water partition coefficient (Wildman–Crippen LogP) is 1.80. The third-order valence-electron chi connectivity index (χ3n) is 2.33. The Labute approximate surface area is 126 Å². The zero-order valence-corrected chi connectivity index (χ0v) is 12.2. The van der Waals surface area contributed by atoms with E-state index >= 15 is 0 Å². The highest BCUT2D eigenvalue weighted by atomic mass is 35.5. The summed E-state index contributed by atoms with van der Waals surface area (Å²) >= 11 is 5.60. The van der Waals surface area contributed by atoms with Gasteiger partial charge in [0.05, 0.1) is 11.6 Å². The molecule has 1 N–H and O–H groups in total. The average molecular weight is 316 g/mol. The lowest BCUT2D eigenvalue weighted by molar-refractivity contribution is -0.143. The number of amides is 1. The molecule has 0 fully saturated rings. The van der Waals surface area contributed by atoms with Gasteiger partial charge in [-0.3, -0.25) is 4.79 Å². The van der Waals surface area contributed by atoms with Crippen LogP contribution in [0.3, 0.4) is 0 Å². The van der Waals surface area contributed by atoms with Crippen molar-refractivity contribution >= 4 is 29.6 Å². The van der Waals surface area contributed by atoms with E-state index in [0.29, 0.717) is 18.7 Å². The molecule has 1 aromatic carbocycles. The highest BCUT2D eigenvalue weighted by Crippen LogP contribution is 2.16. The molecule has 0 aliphatic rings. The van der Waals surface area contributed by atoms with Gasteiger partial charge in [-0.1, -0.05) is 17.7 Å². The van der Waals surface area contributed by atoms with E-state index in [1.165, 1.54) is 31.4 Å². The quantitative estimate of drug-likeness (QED) is 0.473. The topological polar surface area (TPSA) is 64.6 Å². The Kier molecular flexibility index (Phi) is 7.42. The van der Waals surface area contributed by atoms with Crippen molar-refractivity contribution in [1.29, 1.82) is 0 Å². The van der Waals surface area contributed by atoms with E-state index in [-0.39, 0.29) is 11.6 Å². The third-order valence-corrected chi connectivity index (χ3v) is 2.62. The summed E-state index contributed by atoms with van der Waals surface area (Å²) in [5, 5.41) is 2.46. The van der Waals surface area contributed by atoms with E-state index < -0.39 is 17.7 Å². The van der Waals surface area contributed by atoms with E-state index in [1.807, 2.05) is 0 Å².